The Bertz CT molecular complexity index is 641. The molecule has 2 rings (SSSR count). The van der Waals surface area contributed by atoms with E-state index < -0.39 is 0 Å². The van der Waals surface area contributed by atoms with E-state index in [4.69, 9.17) is 15.2 Å². The Morgan fingerprint density at radius 2 is 1.90 bits per heavy atom. The standard InChI is InChI=1S/C16H18N2O3/c1-20-12-7-8-13(15(9-12)21-2)16(19)18-14-6-4-3-5-11(14)10-17/h3-9H,10,17H2,1-2H3,(H,18,19). The summed E-state index contributed by atoms with van der Waals surface area (Å²) in [6.07, 6.45) is 0. The van der Waals surface area contributed by atoms with Crippen LogP contribution in [0.25, 0.3) is 0 Å². The maximum absolute atomic E-state index is 12.4. The Morgan fingerprint density at radius 1 is 1.14 bits per heavy atom. The third-order valence-electron chi connectivity index (χ3n) is 3.14. The Hall–Kier alpha value is -2.53. The fourth-order valence-electron chi connectivity index (χ4n) is 2.00. The molecule has 0 unspecified atom stereocenters. The van der Waals surface area contributed by atoms with Gasteiger partial charge < -0.3 is 20.5 Å². The van der Waals surface area contributed by atoms with Gasteiger partial charge in [0.25, 0.3) is 5.91 Å². The van der Waals surface area contributed by atoms with Crippen molar-refractivity contribution in [3.63, 3.8) is 0 Å². The Labute approximate surface area is 123 Å². The Morgan fingerprint density at radius 3 is 2.57 bits per heavy atom. The van der Waals surface area contributed by atoms with Gasteiger partial charge in [-0.25, -0.2) is 0 Å². The van der Waals surface area contributed by atoms with Crippen LogP contribution < -0.4 is 20.5 Å². The minimum absolute atomic E-state index is 0.254. The number of anilines is 1. The van der Waals surface area contributed by atoms with Crippen LogP contribution >= 0.6 is 0 Å². The molecular weight excluding hydrogens is 268 g/mol. The fraction of sp³-hybridized carbons (Fsp3) is 0.188. The van der Waals surface area contributed by atoms with Crippen molar-refractivity contribution in [3.05, 3.63) is 53.6 Å². The number of rotatable bonds is 5. The lowest BCUT2D eigenvalue weighted by Crippen LogP contribution is -2.15. The van der Waals surface area contributed by atoms with E-state index >= 15 is 0 Å². The van der Waals surface area contributed by atoms with Gasteiger partial charge in [0, 0.05) is 18.3 Å². The molecular formula is C16H18N2O3. The number of carbonyl (C=O) groups excluding carboxylic acids is 1. The van der Waals surface area contributed by atoms with Crippen LogP contribution in [0.3, 0.4) is 0 Å². The molecule has 5 heteroatoms. The van der Waals surface area contributed by atoms with Crippen molar-refractivity contribution in [3.8, 4) is 11.5 Å². The first-order valence-electron chi connectivity index (χ1n) is 6.51. The highest BCUT2D eigenvalue weighted by atomic mass is 16.5. The number of hydrogen-bond donors (Lipinski definition) is 2. The van der Waals surface area contributed by atoms with E-state index in [9.17, 15) is 4.79 Å². The summed E-state index contributed by atoms with van der Waals surface area (Å²) in [5.41, 5.74) is 7.67. The molecule has 0 spiro atoms. The topological polar surface area (TPSA) is 73.6 Å². The molecule has 5 nitrogen and oxygen atoms in total. The first-order valence-corrected chi connectivity index (χ1v) is 6.51. The van der Waals surface area contributed by atoms with Crippen molar-refractivity contribution in [2.24, 2.45) is 5.73 Å². The van der Waals surface area contributed by atoms with Gasteiger partial charge in [-0.3, -0.25) is 4.79 Å². The van der Waals surface area contributed by atoms with Crippen LogP contribution in [-0.4, -0.2) is 20.1 Å². The number of hydrogen-bond acceptors (Lipinski definition) is 4. The van der Waals surface area contributed by atoms with E-state index in [1.165, 1.54) is 7.11 Å². The predicted octanol–water partition coefficient (Wildman–Crippen LogP) is 2.41. The van der Waals surface area contributed by atoms with Crippen molar-refractivity contribution in [2.45, 2.75) is 6.54 Å². The normalized spacial score (nSPS) is 10.0. The van der Waals surface area contributed by atoms with E-state index in [2.05, 4.69) is 5.32 Å². The number of nitrogens with two attached hydrogens (primary N) is 1. The summed E-state index contributed by atoms with van der Waals surface area (Å²) >= 11 is 0. The minimum atomic E-state index is -0.254. The third-order valence-corrected chi connectivity index (χ3v) is 3.14. The zero-order chi connectivity index (χ0) is 15.2. The second-order valence-corrected chi connectivity index (χ2v) is 4.38. The minimum Gasteiger partial charge on any atom is -0.497 e. The van der Waals surface area contributed by atoms with E-state index in [0.29, 0.717) is 29.3 Å². The van der Waals surface area contributed by atoms with Crippen molar-refractivity contribution < 1.29 is 14.3 Å². The average molecular weight is 286 g/mol. The van der Waals surface area contributed by atoms with E-state index in [0.717, 1.165) is 5.56 Å². The van der Waals surface area contributed by atoms with Gasteiger partial charge in [0.2, 0.25) is 0 Å². The highest BCUT2D eigenvalue weighted by Gasteiger charge is 2.14. The number of carbonyl (C=O) groups is 1. The summed E-state index contributed by atoms with van der Waals surface area (Å²) in [7, 11) is 3.07. The fourth-order valence-corrected chi connectivity index (χ4v) is 2.00. The van der Waals surface area contributed by atoms with Crippen LogP contribution in [0.2, 0.25) is 0 Å². The Balaban J connectivity index is 2.28. The molecule has 0 atom stereocenters. The molecule has 0 radical (unpaired) electrons. The zero-order valence-corrected chi connectivity index (χ0v) is 12.1. The molecule has 2 aromatic rings. The quantitative estimate of drug-likeness (QED) is 0.885. The zero-order valence-electron chi connectivity index (χ0n) is 12.1. The lowest BCUT2D eigenvalue weighted by atomic mass is 10.1. The monoisotopic (exact) mass is 286 g/mol. The lowest BCUT2D eigenvalue weighted by Gasteiger charge is -2.12. The third kappa shape index (κ3) is 3.32. The smallest absolute Gasteiger partial charge is 0.259 e. The van der Waals surface area contributed by atoms with E-state index in [1.807, 2.05) is 24.3 Å². The maximum Gasteiger partial charge on any atom is 0.259 e. The molecule has 0 saturated heterocycles. The van der Waals surface area contributed by atoms with Gasteiger partial charge in [0.1, 0.15) is 11.5 Å². The maximum atomic E-state index is 12.4. The molecule has 0 aliphatic carbocycles. The average Bonchev–Trinajstić information content (AvgIpc) is 2.54. The molecule has 110 valence electrons. The molecule has 0 aliphatic heterocycles. The SMILES string of the molecule is COc1ccc(C(=O)Nc2ccccc2CN)c(OC)c1. The van der Waals surface area contributed by atoms with Crippen LogP contribution in [0.5, 0.6) is 11.5 Å². The first-order chi connectivity index (χ1) is 10.2. The van der Waals surface area contributed by atoms with Crippen LogP contribution in [0.1, 0.15) is 15.9 Å². The molecule has 0 bridgehead atoms. The summed E-state index contributed by atoms with van der Waals surface area (Å²) in [5.74, 6) is 0.832. The summed E-state index contributed by atoms with van der Waals surface area (Å²) in [6.45, 7) is 0.357. The highest BCUT2D eigenvalue weighted by Crippen LogP contribution is 2.26. The lowest BCUT2D eigenvalue weighted by molar-refractivity contribution is 0.102. The molecule has 2 aromatic carbocycles. The number of amides is 1. The van der Waals surface area contributed by atoms with Crippen molar-refractivity contribution >= 4 is 11.6 Å². The number of nitrogens with one attached hydrogen (secondary N) is 1. The summed E-state index contributed by atoms with van der Waals surface area (Å²) < 4.78 is 10.4. The van der Waals surface area contributed by atoms with Crippen LogP contribution in [-0.2, 0) is 6.54 Å². The van der Waals surface area contributed by atoms with Crippen molar-refractivity contribution in [1.29, 1.82) is 0 Å². The first kappa shape index (κ1) is 14.9. The predicted molar refractivity (Wildman–Crippen MR) is 81.8 cm³/mol. The number of benzene rings is 2. The van der Waals surface area contributed by atoms with Crippen LogP contribution in [0, 0.1) is 0 Å². The number of para-hydroxylation sites is 1. The van der Waals surface area contributed by atoms with E-state index in [1.54, 1.807) is 25.3 Å². The largest absolute Gasteiger partial charge is 0.497 e. The van der Waals surface area contributed by atoms with Gasteiger partial charge >= 0.3 is 0 Å². The van der Waals surface area contributed by atoms with E-state index in [-0.39, 0.29) is 5.91 Å². The summed E-state index contributed by atoms with van der Waals surface area (Å²) in [5, 5.41) is 2.85. The van der Waals surface area contributed by atoms with Gasteiger partial charge in [0.15, 0.2) is 0 Å². The molecule has 0 aromatic heterocycles. The number of methoxy groups -OCH3 is 2. The van der Waals surface area contributed by atoms with Crippen LogP contribution in [0.15, 0.2) is 42.5 Å². The molecule has 0 aliphatic rings. The summed E-state index contributed by atoms with van der Waals surface area (Å²) in [4.78, 5) is 12.4. The molecule has 0 saturated carbocycles. The molecule has 0 heterocycles. The number of ether oxygens (including phenoxy) is 2. The second-order valence-electron chi connectivity index (χ2n) is 4.38. The second kappa shape index (κ2) is 6.76. The van der Waals surface area contributed by atoms with Gasteiger partial charge in [-0.15, -0.1) is 0 Å². The Kier molecular flexibility index (Phi) is 4.79. The van der Waals surface area contributed by atoms with Gasteiger partial charge in [-0.05, 0) is 23.8 Å². The molecule has 21 heavy (non-hydrogen) atoms. The van der Waals surface area contributed by atoms with Gasteiger partial charge in [-0.2, -0.15) is 0 Å². The van der Waals surface area contributed by atoms with Crippen molar-refractivity contribution in [2.75, 3.05) is 19.5 Å². The summed E-state index contributed by atoms with van der Waals surface area (Å²) in [6, 6.07) is 12.5. The molecule has 3 N–H and O–H groups in total. The highest BCUT2D eigenvalue weighted by molar-refractivity contribution is 6.06. The molecule has 0 fully saturated rings. The van der Waals surface area contributed by atoms with Gasteiger partial charge in [-0.1, -0.05) is 18.2 Å². The van der Waals surface area contributed by atoms with Crippen LogP contribution in [0.4, 0.5) is 5.69 Å². The van der Waals surface area contributed by atoms with Gasteiger partial charge in [0.05, 0.1) is 19.8 Å². The molecule has 1 amide bonds. The van der Waals surface area contributed by atoms with Crippen molar-refractivity contribution in [1.82, 2.24) is 0 Å².